The van der Waals surface area contributed by atoms with Crippen molar-refractivity contribution in [3.8, 4) is 6.07 Å². The molecule has 0 aliphatic heterocycles. The van der Waals surface area contributed by atoms with Crippen LogP contribution in [0.1, 0.15) is 42.6 Å². The van der Waals surface area contributed by atoms with Crippen LogP contribution in [-0.4, -0.2) is 18.9 Å². The Balaban J connectivity index is 2.34. The predicted octanol–water partition coefficient (Wildman–Crippen LogP) is 3.00. The summed E-state index contributed by atoms with van der Waals surface area (Å²) in [5, 5.41) is 9.23. The molecule has 1 aromatic carbocycles. The van der Waals surface area contributed by atoms with Crippen molar-refractivity contribution in [3.63, 3.8) is 0 Å². The van der Waals surface area contributed by atoms with Crippen molar-refractivity contribution in [2.45, 2.75) is 32.7 Å². The lowest BCUT2D eigenvalue weighted by atomic mass is 10.1. The molecule has 0 heterocycles. The van der Waals surface area contributed by atoms with Crippen LogP contribution < -0.4 is 4.90 Å². The van der Waals surface area contributed by atoms with Crippen molar-refractivity contribution in [1.82, 2.24) is 0 Å². The highest BCUT2D eigenvalue weighted by Crippen LogP contribution is 2.34. The number of aldehydes is 1. The zero-order valence-electron chi connectivity index (χ0n) is 10.9. The maximum atomic E-state index is 10.8. The average molecular weight is 242 g/mol. The summed E-state index contributed by atoms with van der Waals surface area (Å²) in [6.45, 7) is 5.32. The third kappa shape index (κ3) is 2.70. The summed E-state index contributed by atoms with van der Waals surface area (Å²) >= 11 is 0. The second-order valence-corrected chi connectivity index (χ2v) is 5.28. The molecule has 1 aromatic rings. The molecule has 94 valence electrons. The summed E-state index contributed by atoms with van der Waals surface area (Å²) < 4.78 is 0. The summed E-state index contributed by atoms with van der Waals surface area (Å²) in [7, 11) is 0. The number of benzene rings is 1. The number of hydrogen-bond acceptors (Lipinski definition) is 3. The highest BCUT2D eigenvalue weighted by Gasteiger charge is 2.30. The first-order chi connectivity index (χ1) is 8.65. The monoisotopic (exact) mass is 242 g/mol. The fraction of sp³-hybridized carbons (Fsp3) is 0.467. The first-order valence-electron chi connectivity index (χ1n) is 6.41. The lowest BCUT2D eigenvalue weighted by Gasteiger charge is -2.27. The van der Waals surface area contributed by atoms with Crippen molar-refractivity contribution in [3.05, 3.63) is 29.3 Å². The standard InChI is InChI=1S/C15H18N2O/c1-11(2)9-17(14-4-5-14)15-6-3-12(10-18)7-13(15)8-16/h3,6-7,10-11,14H,4-5,9H2,1-2H3. The number of nitrogens with zero attached hydrogens (tertiary/aromatic N) is 2. The third-order valence-corrected chi connectivity index (χ3v) is 3.14. The lowest BCUT2D eigenvalue weighted by molar-refractivity contribution is 0.112. The molecule has 18 heavy (non-hydrogen) atoms. The molecular weight excluding hydrogens is 224 g/mol. The second kappa shape index (κ2) is 5.22. The molecule has 0 aromatic heterocycles. The Labute approximate surface area is 108 Å². The Hall–Kier alpha value is -1.82. The Kier molecular flexibility index (Phi) is 3.66. The molecule has 3 heteroatoms. The van der Waals surface area contributed by atoms with Gasteiger partial charge in [0.15, 0.2) is 0 Å². The minimum absolute atomic E-state index is 0.558. The maximum absolute atomic E-state index is 10.8. The molecule has 0 N–H and O–H groups in total. The smallest absolute Gasteiger partial charge is 0.150 e. The van der Waals surface area contributed by atoms with Crippen LogP contribution in [0, 0.1) is 17.2 Å². The topological polar surface area (TPSA) is 44.1 Å². The zero-order valence-corrected chi connectivity index (χ0v) is 10.9. The Morgan fingerprint density at radius 2 is 2.22 bits per heavy atom. The Bertz CT molecular complexity index is 484. The van der Waals surface area contributed by atoms with Crippen molar-refractivity contribution < 1.29 is 4.79 Å². The molecule has 0 radical (unpaired) electrons. The van der Waals surface area contributed by atoms with E-state index in [1.54, 1.807) is 12.1 Å². The minimum Gasteiger partial charge on any atom is -0.367 e. The van der Waals surface area contributed by atoms with Gasteiger partial charge in [-0.1, -0.05) is 13.8 Å². The van der Waals surface area contributed by atoms with Crippen LogP contribution in [0.2, 0.25) is 0 Å². The van der Waals surface area contributed by atoms with Gasteiger partial charge >= 0.3 is 0 Å². The first kappa shape index (κ1) is 12.6. The van der Waals surface area contributed by atoms with Gasteiger partial charge in [-0.05, 0) is 37.0 Å². The van der Waals surface area contributed by atoms with Crippen molar-refractivity contribution in [2.75, 3.05) is 11.4 Å². The van der Waals surface area contributed by atoms with Crippen LogP contribution in [0.3, 0.4) is 0 Å². The van der Waals surface area contributed by atoms with E-state index < -0.39 is 0 Å². The van der Waals surface area contributed by atoms with Gasteiger partial charge in [-0.25, -0.2) is 0 Å². The molecule has 1 fully saturated rings. The Morgan fingerprint density at radius 1 is 1.50 bits per heavy atom. The predicted molar refractivity (Wildman–Crippen MR) is 71.8 cm³/mol. The van der Waals surface area contributed by atoms with Crippen molar-refractivity contribution in [2.24, 2.45) is 5.92 Å². The molecule has 2 rings (SSSR count). The minimum atomic E-state index is 0.558. The number of nitriles is 1. The van der Waals surface area contributed by atoms with E-state index in [2.05, 4.69) is 24.8 Å². The fourth-order valence-corrected chi connectivity index (χ4v) is 2.19. The highest BCUT2D eigenvalue weighted by atomic mass is 16.1. The van der Waals surface area contributed by atoms with Crippen LogP contribution in [-0.2, 0) is 0 Å². The zero-order chi connectivity index (χ0) is 13.1. The molecule has 1 aliphatic carbocycles. The number of carbonyl (C=O) groups is 1. The lowest BCUT2D eigenvalue weighted by Crippen LogP contribution is -2.30. The fourth-order valence-electron chi connectivity index (χ4n) is 2.19. The summed E-state index contributed by atoms with van der Waals surface area (Å²) in [5.74, 6) is 0.558. The van der Waals surface area contributed by atoms with Crippen LogP contribution >= 0.6 is 0 Å². The van der Waals surface area contributed by atoms with Crippen LogP contribution in [0.4, 0.5) is 5.69 Å². The average Bonchev–Trinajstić information content (AvgIpc) is 3.19. The van der Waals surface area contributed by atoms with Crippen molar-refractivity contribution in [1.29, 1.82) is 5.26 Å². The van der Waals surface area contributed by atoms with Crippen LogP contribution in [0.5, 0.6) is 0 Å². The van der Waals surface area contributed by atoms with E-state index >= 15 is 0 Å². The molecule has 0 amide bonds. The van der Waals surface area contributed by atoms with E-state index in [0.29, 0.717) is 23.1 Å². The Morgan fingerprint density at radius 3 is 2.72 bits per heavy atom. The number of anilines is 1. The van der Waals surface area contributed by atoms with Gasteiger partial charge in [0.1, 0.15) is 12.4 Å². The highest BCUT2D eigenvalue weighted by molar-refractivity contribution is 5.78. The van der Waals surface area contributed by atoms with Crippen LogP contribution in [0.25, 0.3) is 0 Å². The molecule has 0 spiro atoms. The van der Waals surface area contributed by atoms with Gasteiger partial charge in [-0.2, -0.15) is 5.26 Å². The third-order valence-electron chi connectivity index (χ3n) is 3.14. The molecule has 0 bridgehead atoms. The normalized spacial score (nSPS) is 14.3. The van der Waals surface area contributed by atoms with Crippen molar-refractivity contribution >= 4 is 12.0 Å². The van der Waals surface area contributed by atoms with E-state index in [0.717, 1.165) is 18.5 Å². The van der Waals surface area contributed by atoms with E-state index in [4.69, 9.17) is 0 Å². The molecule has 0 unspecified atom stereocenters. The van der Waals surface area contributed by atoms with Gasteiger partial charge in [-0.3, -0.25) is 4.79 Å². The molecular formula is C15H18N2O. The van der Waals surface area contributed by atoms with Gasteiger partial charge in [0, 0.05) is 18.2 Å². The van der Waals surface area contributed by atoms with Crippen LogP contribution in [0.15, 0.2) is 18.2 Å². The number of rotatable bonds is 5. The number of carbonyl (C=O) groups excluding carboxylic acids is 1. The van der Waals surface area contributed by atoms with E-state index in [1.807, 2.05) is 6.07 Å². The summed E-state index contributed by atoms with van der Waals surface area (Å²) in [6, 6.07) is 8.15. The first-order valence-corrected chi connectivity index (χ1v) is 6.41. The van der Waals surface area contributed by atoms with E-state index in [9.17, 15) is 10.1 Å². The SMILES string of the molecule is CC(C)CN(c1ccc(C=O)cc1C#N)C1CC1. The number of hydrogen-bond donors (Lipinski definition) is 0. The largest absolute Gasteiger partial charge is 0.367 e. The van der Waals surface area contributed by atoms with Gasteiger partial charge in [-0.15, -0.1) is 0 Å². The van der Waals surface area contributed by atoms with Gasteiger partial charge < -0.3 is 4.90 Å². The van der Waals surface area contributed by atoms with Gasteiger partial charge in [0.05, 0.1) is 11.3 Å². The quantitative estimate of drug-likeness (QED) is 0.745. The summed E-state index contributed by atoms with van der Waals surface area (Å²) in [6.07, 6.45) is 3.19. The molecule has 0 saturated heterocycles. The maximum Gasteiger partial charge on any atom is 0.150 e. The summed E-state index contributed by atoms with van der Waals surface area (Å²) in [5.41, 5.74) is 2.14. The van der Waals surface area contributed by atoms with E-state index in [1.165, 1.54) is 12.8 Å². The van der Waals surface area contributed by atoms with E-state index in [-0.39, 0.29) is 0 Å². The van der Waals surface area contributed by atoms with Gasteiger partial charge in [0.25, 0.3) is 0 Å². The summed E-state index contributed by atoms with van der Waals surface area (Å²) in [4.78, 5) is 13.1. The molecule has 0 atom stereocenters. The molecule has 3 nitrogen and oxygen atoms in total. The molecule has 1 aliphatic rings. The van der Waals surface area contributed by atoms with Gasteiger partial charge in [0.2, 0.25) is 0 Å². The second-order valence-electron chi connectivity index (χ2n) is 5.28. The molecule has 1 saturated carbocycles.